The summed E-state index contributed by atoms with van der Waals surface area (Å²) in [7, 11) is 0. The number of hydrogen-bond acceptors (Lipinski definition) is 5. The summed E-state index contributed by atoms with van der Waals surface area (Å²) in [6.07, 6.45) is 0. The van der Waals surface area contributed by atoms with Crippen LogP contribution >= 0.6 is 22.9 Å². The molecule has 0 bridgehead atoms. The van der Waals surface area contributed by atoms with Crippen LogP contribution in [0.15, 0.2) is 52.3 Å². The number of nitrogens with zero attached hydrogens (tertiary/aromatic N) is 2. The van der Waals surface area contributed by atoms with Crippen LogP contribution in [0.5, 0.6) is 0 Å². The Labute approximate surface area is 148 Å². The molecule has 24 heavy (non-hydrogen) atoms. The molecule has 6 heteroatoms. The van der Waals surface area contributed by atoms with Crippen molar-refractivity contribution in [1.82, 2.24) is 9.97 Å². The van der Waals surface area contributed by atoms with Crippen molar-refractivity contribution in [2.75, 3.05) is 5.32 Å². The Bertz CT molecular complexity index is 1010. The van der Waals surface area contributed by atoms with Gasteiger partial charge in [0.05, 0.1) is 12.2 Å². The Morgan fingerprint density at radius 3 is 2.92 bits per heavy atom. The van der Waals surface area contributed by atoms with Crippen molar-refractivity contribution in [1.29, 1.82) is 0 Å². The maximum absolute atomic E-state index is 5.96. The lowest BCUT2D eigenvalue weighted by Crippen LogP contribution is -1.99. The van der Waals surface area contributed by atoms with Crippen LogP contribution in [-0.4, -0.2) is 9.97 Å². The summed E-state index contributed by atoms with van der Waals surface area (Å²) >= 11 is 7.60. The molecule has 0 fully saturated rings. The molecule has 2 heterocycles. The molecule has 0 spiro atoms. The maximum Gasteiger partial charge on any atom is 0.296 e. The number of anilines is 1. The number of rotatable bonds is 4. The SMILES string of the molecule is Cc1ccccc1-c1nc(CNc2nc3cc(Cl)ccc3o2)cs1. The lowest BCUT2D eigenvalue weighted by atomic mass is 10.1. The van der Waals surface area contributed by atoms with E-state index in [4.69, 9.17) is 16.0 Å². The highest BCUT2D eigenvalue weighted by atomic mass is 35.5. The van der Waals surface area contributed by atoms with E-state index < -0.39 is 0 Å². The van der Waals surface area contributed by atoms with E-state index in [2.05, 4.69) is 34.3 Å². The van der Waals surface area contributed by atoms with Crippen LogP contribution in [0.1, 0.15) is 11.3 Å². The lowest BCUT2D eigenvalue weighted by molar-refractivity contribution is 0.614. The zero-order chi connectivity index (χ0) is 16.5. The van der Waals surface area contributed by atoms with Gasteiger partial charge in [0.15, 0.2) is 5.58 Å². The van der Waals surface area contributed by atoms with Crippen LogP contribution in [-0.2, 0) is 6.54 Å². The van der Waals surface area contributed by atoms with Gasteiger partial charge in [-0.2, -0.15) is 4.98 Å². The van der Waals surface area contributed by atoms with Crippen molar-refractivity contribution in [3.05, 3.63) is 64.1 Å². The number of benzene rings is 2. The van der Waals surface area contributed by atoms with Gasteiger partial charge in [0.2, 0.25) is 0 Å². The van der Waals surface area contributed by atoms with E-state index in [1.807, 2.05) is 23.6 Å². The quantitative estimate of drug-likeness (QED) is 0.523. The normalized spacial score (nSPS) is 11.1. The molecular weight excluding hydrogens is 342 g/mol. The Hall–Kier alpha value is -2.37. The summed E-state index contributed by atoms with van der Waals surface area (Å²) < 4.78 is 5.65. The van der Waals surface area contributed by atoms with Crippen LogP contribution < -0.4 is 5.32 Å². The number of fused-ring (bicyclic) bond motifs is 1. The molecule has 0 aliphatic carbocycles. The van der Waals surface area contributed by atoms with Crippen molar-refractivity contribution >= 4 is 40.1 Å². The minimum atomic E-state index is 0.470. The first kappa shape index (κ1) is 15.2. The number of hydrogen-bond donors (Lipinski definition) is 1. The average Bonchev–Trinajstić information content (AvgIpc) is 3.19. The van der Waals surface area contributed by atoms with Gasteiger partial charge in [0, 0.05) is 16.0 Å². The van der Waals surface area contributed by atoms with E-state index in [0.29, 0.717) is 23.2 Å². The van der Waals surface area contributed by atoms with E-state index >= 15 is 0 Å². The van der Waals surface area contributed by atoms with E-state index in [1.54, 1.807) is 23.5 Å². The first-order chi connectivity index (χ1) is 11.7. The number of oxazole rings is 1. The summed E-state index contributed by atoms with van der Waals surface area (Å²) in [4.78, 5) is 9.07. The molecular formula is C18H14ClN3OS. The molecule has 2 aromatic carbocycles. The molecule has 0 saturated carbocycles. The van der Waals surface area contributed by atoms with Crippen LogP contribution in [0.4, 0.5) is 6.01 Å². The predicted molar refractivity (Wildman–Crippen MR) is 98.6 cm³/mol. The maximum atomic E-state index is 5.96. The minimum Gasteiger partial charge on any atom is -0.424 e. The third-order valence-corrected chi connectivity index (χ3v) is 4.86. The fraction of sp³-hybridized carbons (Fsp3) is 0.111. The summed E-state index contributed by atoms with van der Waals surface area (Å²) in [5.41, 5.74) is 4.80. The monoisotopic (exact) mass is 355 g/mol. The second kappa shape index (κ2) is 6.26. The Kier molecular flexibility index (Phi) is 3.96. The second-order valence-corrected chi connectivity index (χ2v) is 6.74. The van der Waals surface area contributed by atoms with E-state index in [9.17, 15) is 0 Å². The van der Waals surface area contributed by atoms with Crippen molar-refractivity contribution in [2.45, 2.75) is 13.5 Å². The van der Waals surface area contributed by atoms with Crippen molar-refractivity contribution in [3.63, 3.8) is 0 Å². The fourth-order valence-electron chi connectivity index (χ4n) is 2.47. The Balaban J connectivity index is 1.50. The third kappa shape index (κ3) is 3.00. The van der Waals surface area contributed by atoms with Gasteiger partial charge in [0.1, 0.15) is 10.5 Å². The molecule has 0 aliphatic heterocycles. The van der Waals surface area contributed by atoms with E-state index in [-0.39, 0.29) is 0 Å². The summed E-state index contributed by atoms with van der Waals surface area (Å²) in [6.45, 7) is 2.65. The third-order valence-electron chi connectivity index (χ3n) is 3.70. The highest BCUT2D eigenvalue weighted by molar-refractivity contribution is 7.13. The molecule has 120 valence electrons. The molecule has 4 rings (SSSR count). The molecule has 2 aromatic heterocycles. The Morgan fingerprint density at radius 2 is 2.04 bits per heavy atom. The topological polar surface area (TPSA) is 51.0 Å². The molecule has 0 radical (unpaired) electrons. The number of aromatic nitrogens is 2. The molecule has 0 aliphatic rings. The molecule has 0 unspecified atom stereocenters. The van der Waals surface area contributed by atoms with Gasteiger partial charge >= 0.3 is 0 Å². The smallest absolute Gasteiger partial charge is 0.296 e. The number of halogens is 1. The van der Waals surface area contributed by atoms with Gasteiger partial charge in [0.25, 0.3) is 6.01 Å². The lowest BCUT2D eigenvalue weighted by Gasteiger charge is -2.01. The fourth-order valence-corrected chi connectivity index (χ4v) is 3.54. The minimum absolute atomic E-state index is 0.470. The molecule has 0 amide bonds. The predicted octanol–water partition coefficient (Wildman–Crippen LogP) is 5.53. The summed E-state index contributed by atoms with van der Waals surface area (Å²) in [6, 6.07) is 14.1. The molecule has 4 nitrogen and oxygen atoms in total. The number of aryl methyl sites for hydroxylation is 1. The van der Waals surface area contributed by atoms with Gasteiger partial charge in [-0.25, -0.2) is 4.98 Å². The van der Waals surface area contributed by atoms with E-state index in [0.717, 1.165) is 16.2 Å². The number of nitrogens with one attached hydrogen (secondary N) is 1. The number of thiazole rings is 1. The van der Waals surface area contributed by atoms with Crippen LogP contribution in [0.25, 0.3) is 21.7 Å². The average molecular weight is 356 g/mol. The van der Waals surface area contributed by atoms with E-state index in [1.165, 1.54) is 11.1 Å². The standard InChI is InChI=1S/C18H14ClN3OS/c1-11-4-2-3-5-14(11)17-21-13(10-24-17)9-20-18-22-15-8-12(19)6-7-16(15)23-18/h2-8,10H,9H2,1H3,(H,20,22). The molecule has 0 saturated heterocycles. The van der Waals surface area contributed by atoms with Crippen molar-refractivity contribution in [2.24, 2.45) is 0 Å². The van der Waals surface area contributed by atoms with Crippen molar-refractivity contribution < 1.29 is 4.42 Å². The van der Waals surface area contributed by atoms with Gasteiger partial charge in [-0.3, -0.25) is 0 Å². The largest absolute Gasteiger partial charge is 0.424 e. The first-order valence-corrected chi connectivity index (χ1v) is 8.75. The highest BCUT2D eigenvalue weighted by Gasteiger charge is 2.09. The first-order valence-electron chi connectivity index (χ1n) is 7.49. The van der Waals surface area contributed by atoms with Gasteiger partial charge in [-0.15, -0.1) is 11.3 Å². The van der Waals surface area contributed by atoms with Gasteiger partial charge in [-0.05, 0) is 30.7 Å². The highest BCUT2D eigenvalue weighted by Crippen LogP contribution is 2.27. The Morgan fingerprint density at radius 1 is 1.17 bits per heavy atom. The molecule has 0 atom stereocenters. The molecule has 4 aromatic rings. The van der Waals surface area contributed by atoms with Crippen LogP contribution in [0.2, 0.25) is 5.02 Å². The zero-order valence-corrected chi connectivity index (χ0v) is 14.5. The van der Waals surface area contributed by atoms with Crippen molar-refractivity contribution in [3.8, 4) is 10.6 Å². The second-order valence-electron chi connectivity index (χ2n) is 5.44. The van der Waals surface area contributed by atoms with Crippen LogP contribution in [0, 0.1) is 6.92 Å². The molecule has 1 N–H and O–H groups in total. The van der Waals surface area contributed by atoms with Gasteiger partial charge in [-0.1, -0.05) is 35.9 Å². The summed E-state index contributed by atoms with van der Waals surface area (Å²) in [5.74, 6) is 0. The van der Waals surface area contributed by atoms with Crippen LogP contribution in [0.3, 0.4) is 0 Å². The zero-order valence-electron chi connectivity index (χ0n) is 12.9. The summed E-state index contributed by atoms with van der Waals surface area (Å²) in [5, 5.41) is 6.89. The van der Waals surface area contributed by atoms with Gasteiger partial charge < -0.3 is 9.73 Å².